The van der Waals surface area contributed by atoms with Crippen molar-refractivity contribution in [1.82, 2.24) is 19.1 Å². The van der Waals surface area contributed by atoms with Crippen LogP contribution in [0.25, 0.3) is 0 Å². The zero-order valence-electron chi connectivity index (χ0n) is 9.92. The lowest BCUT2D eigenvalue weighted by Crippen LogP contribution is -2.39. The normalized spacial score (nSPS) is 10.6. The third-order valence-corrected chi connectivity index (χ3v) is 2.61. The predicted molar refractivity (Wildman–Crippen MR) is 66.8 cm³/mol. The molecule has 2 rings (SSSR count). The van der Waals surface area contributed by atoms with Crippen molar-refractivity contribution in [3.63, 3.8) is 0 Å². The third-order valence-electron chi connectivity index (χ3n) is 2.42. The van der Waals surface area contributed by atoms with Gasteiger partial charge in [-0.05, 0) is 13.0 Å². The van der Waals surface area contributed by atoms with Gasteiger partial charge in [0.2, 0.25) is 0 Å². The van der Waals surface area contributed by atoms with Crippen LogP contribution in [0.3, 0.4) is 0 Å². The Balaban J connectivity index is 2.44. The highest BCUT2D eigenvalue weighted by Gasteiger charge is 2.06. The highest BCUT2D eigenvalue weighted by molar-refractivity contribution is 6.29. The summed E-state index contributed by atoms with van der Waals surface area (Å²) in [6.45, 7) is 1.90. The topological polar surface area (TPSA) is 69.8 Å². The van der Waals surface area contributed by atoms with E-state index >= 15 is 0 Å². The van der Waals surface area contributed by atoms with Crippen molar-refractivity contribution < 1.29 is 0 Å². The number of hydrogen-bond donors (Lipinski definition) is 0. The minimum absolute atomic E-state index is 0.121. The first-order valence-electron chi connectivity index (χ1n) is 5.23. The van der Waals surface area contributed by atoms with E-state index in [0.29, 0.717) is 16.7 Å². The van der Waals surface area contributed by atoms with Crippen LogP contribution in [0.15, 0.2) is 28.0 Å². The van der Waals surface area contributed by atoms with Crippen molar-refractivity contribution in [2.24, 2.45) is 7.05 Å². The van der Waals surface area contributed by atoms with Gasteiger partial charge in [0.25, 0.3) is 0 Å². The highest BCUT2D eigenvalue weighted by atomic mass is 35.5. The molecule has 0 spiro atoms. The van der Waals surface area contributed by atoms with Crippen molar-refractivity contribution in [2.45, 2.75) is 13.5 Å². The third kappa shape index (κ3) is 2.48. The molecule has 0 fully saturated rings. The zero-order valence-corrected chi connectivity index (χ0v) is 10.7. The molecule has 18 heavy (non-hydrogen) atoms. The molecule has 0 N–H and O–H groups in total. The minimum atomic E-state index is -0.610. The van der Waals surface area contributed by atoms with Crippen molar-refractivity contribution >= 4 is 11.6 Å². The minimum Gasteiger partial charge on any atom is -0.312 e. The summed E-state index contributed by atoms with van der Waals surface area (Å²) in [4.78, 5) is 31.3. The second-order valence-corrected chi connectivity index (χ2v) is 4.28. The maximum atomic E-state index is 11.7. The van der Waals surface area contributed by atoms with Gasteiger partial charge in [-0.25, -0.2) is 9.97 Å². The van der Waals surface area contributed by atoms with Crippen LogP contribution >= 0.6 is 11.6 Å². The molecule has 0 aliphatic carbocycles. The van der Waals surface area contributed by atoms with Gasteiger partial charge in [0.05, 0.1) is 6.54 Å². The monoisotopic (exact) mass is 266 g/mol. The van der Waals surface area contributed by atoms with Crippen molar-refractivity contribution in [3.05, 3.63) is 55.8 Å². The van der Waals surface area contributed by atoms with Gasteiger partial charge in [-0.3, -0.25) is 9.59 Å². The predicted octanol–water partition coefficient (Wildman–Crippen LogP) is 0.347. The number of hydrogen-bond acceptors (Lipinski definition) is 4. The molecule has 2 heterocycles. The molecule has 0 saturated carbocycles. The quantitative estimate of drug-likeness (QED) is 0.581. The summed E-state index contributed by atoms with van der Waals surface area (Å²) < 4.78 is 2.48. The van der Waals surface area contributed by atoms with Gasteiger partial charge in [0.1, 0.15) is 11.0 Å². The molecule has 0 radical (unpaired) electrons. The Labute approximate surface area is 108 Å². The Bertz CT molecular complexity index is 685. The van der Waals surface area contributed by atoms with E-state index < -0.39 is 11.1 Å². The number of halogens is 1. The fourth-order valence-corrected chi connectivity index (χ4v) is 1.78. The van der Waals surface area contributed by atoms with Gasteiger partial charge in [0, 0.05) is 25.1 Å². The molecule has 0 atom stereocenters. The molecule has 0 saturated heterocycles. The molecule has 0 amide bonds. The molecule has 6 nitrogen and oxygen atoms in total. The van der Waals surface area contributed by atoms with Crippen LogP contribution in [0.4, 0.5) is 0 Å². The van der Waals surface area contributed by atoms with E-state index in [4.69, 9.17) is 11.6 Å². The summed E-state index contributed by atoms with van der Waals surface area (Å²) in [5, 5.41) is 0.314. The second kappa shape index (κ2) is 4.73. The number of aromatic nitrogens is 4. The maximum Gasteiger partial charge on any atom is 0.316 e. The lowest BCUT2D eigenvalue weighted by molar-refractivity contribution is 0.668. The summed E-state index contributed by atoms with van der Waals surface area (Å²) in [7, 11) is 1.52. The van der Waals surface area contributed by atoms with Crippen LogP contribution in [0, 0.1) is 6.92 Å². The van der Waals surface area contributed by atoms with E-state index in [-0.39, 0.29) is 6.54 Å². The molecule has 0 aliphatic heterocycles. The molecular formula is C11H11ClN4O2. The first kappa shape index (κ1) is 12.5. The van der Waals surface area contributed by atoms with E-state index in [0.717, 1.165) is 0 Å². The molecule has 0 aliphatic rings. The lowest BCUT2D eigenvalue weighted by Gasteiger charge is -2.06. The Morgan fingerprint density at radius 1 is 1.22 bits per heavy atom. The van der Waals surface area contributed by atoms with Gasteiger partial charge in [-0.2, -0.15) is 0 Å². The Kier molecular flexibility index (Phi) is 3.29. The molecule has 7 heteroatoms. The number of rotatable bonds is 2. The largest absolute Gasteiger partial charge is 0.316 e. The van der Waals surface area contributed by atoms with Crippen molar-refractivity contribution in [3.8, 4) is 0 Å². The molecular weight excluding hydrogens is 256 g/mol. The maximum absolute atomic E-state index is 11.7. The van der Waals surface area contributed by atoms with Crippen LogP contribution in [-0.2, 0) is 13.6 Å². The van der Waals surface area contributed by atoms with Crippen LogP contribution in [0.5, 0.6) is 0 Å². The molecule has 94 valence electrons. The van der Waals surface area contributed by atoms with Gasteiger partial charge >= 0.3 is 11.1 Å². The second-order valence-electron chi connectivity index (χ2n) is 3.90. The molecule has 0 aromatic carbocycles. The molecule has 2 aromatic rings. The molecule has 0 bridgehead atoms. The average Bonchev–Trinajstić information content (AvgIpc) is 2.29. The number of aryl methyl sites for hydroxylation is 2. The zero-order chi connectivity index (χ0) is 13.3. The van der Waals surface area contributed by atoms with E-state index in [1.54, 1.807) is 13.0 Å². The summed E-state index contributed by atoms with van der Waals surface area (Å²) >= 11 is 5.81. The van der Waals surface area contributed by atoms with E-state index in [1.807, 2.05) is 0 Å². The first-order valence-corrected chi connectivity index (χ1v) is 5.61. The smallest absolute Gasteiger partial charge is 0.312 e. The van der Waals surface area contributed by atoms with Crippen molar-refractivity contribution in [1.29, 1.82) is 0 Å². The van der Waals surface area contributed by atoms with Gasteiger partial charge < -0.3 is 9.13 Å². The summed E-state index contributed by atoms with van der Waals surface area (Å²) in [5.74, 6) is 0.398. The van der Waals surface area contributed by atoms with Crippen LogP contribution in [0.1, 0.15) is 11.5 Å². The van der Waals surface area contributed by atoms with Crippen molar-refractivity contribution in [2.75, 3.05) is 0 Å². The lowest BCUT2D eigenvalue weighted by atomic mass is 10.4. The van der Waals surface area contributed by atoms with Crippen LogP contribution in [0.2, 0.25) is 5.15 Å². The average molecular weight is 267 g/mol. The Morgan fingerprint density at radius 3 is 2.61 bits per heavy atom. The fourth-order valence-electron chi connectivity index (χ4n) is 1.53. The summed E-state index contributed by atoms with van der Waals surface area (Å²) in [6, 6.07) is 1.62. The van der Waals surface area contributed by atoms with Gasteiger partial charge in [-0.15, -0.1) is 0 Å². The highest BCUT2D eigenvalue weighted by Crippen LogP contribution is 2.06. The van der Waals surface area contributed by atoms with Gasteiger partial charge in [0.15, 0.2) is 0 Å². The van der Waals surface area contributed by atoms with Crippen LogP contribution in [-0.4, -0.2) is 19.1 Å². The fraction of sp³-hybridized carbons (Fsp3) is 0.273. The molecule has 0 unspecified atom stereocenters. The van der Waals surface area contributed by atoms with Gasteiger partial charge in [-0.1, -0.05) is 11.6 Å². The van der Waals surface area contributed by atoms with E-state index in [1.165, 1.54) is 28.6 Å². The molecule has 2 aromatic heterocycles. The Morgan fingerprint density at radius 2 is 1.94 bits per heavy atom. The number of nitrogens with zero attached hydrogens (tertiary/aromatic N) is 4. The summed E-state index contributed by atoms with van der Waals surface area (Å²) in [5.41, 5.74) is -0.487. The SMILES string of the molecule is Cc1cc(Cl)nc(Cn2ccn(C)c(=O)c2=O)n1. The van der Waals surface area contributed by atoms with Crippen LogP contribution < -0.4 is 11.1 Å². The van der Waals surface area contributed by atoms with E-state index in [9.17, 15) is 9.59 Å². The summed E-state index contributed by atoms with van der Waals surface area (Å²) in [6.07, 6.45) is 3.03. The first-order chi connectivity index (χ1) is 8.47. The Hall–Kier alpha value is -1.95. The van der Waals surface area contributed by atoms with E-state index in [2.05, 4.69) is 9.97 Å². The standard InChI is InChI=1S/C11H11ClN4O2/c1-7-5-8(12)14-9(13-7)6-16-4-3-15(2)10(17)11(16)18/h3-5H,6H2,1-2H3.